The Hall–Kier alpha value is -2.30. The van der Waals surface area contributed by atoms with Gasteiger partial charge < -0.3 is 15.2 Å². The lowest BCUT2D eigenvalue weighted by atomic mass is 10.0. The molecule has 1 aromatic heterocycles. The molecule has 2 rings (SSSR count). The summed E-state index contributed by atoms with van der Waals surface area (Å²) in [7, 11) is 1.79. The van der Waals surface area contributed by atoms with E-state index >= 15 is 0 Å². The van der Waals surface area contributed by atoms with E-state index < -0.39 is 0 Å². The summed E-state index contributed by atoms with van der Waals surface area (Å²) in [6.45, 7) is 10.3. The Morgan fingerprint density at radius 3 is 2.67 bits per heavy atom. The van der Waals surface area contributed by atoms with Gasteiger partial charge in [-0.1, -0.05) is 38.1 Å². The van der Waals surface area contributed by atoms with Crippen molar-refractivity contribution in [1.82, 2.24) is 20.2 Å². The SMILES string of the molecule is CN=C(NCc1nccn1CC(C)C)NC(C)c1ccccc1C. The number of guanidine groups is 1. The lowest BCUT2D eigenvalue weighted by Gasteiger charge is -2.20. The topological polar surface area (TPSA) is 54.2 Å². The minimum absolute atomic E-state index is 0.188. The van der Waals surface area contributed by atoms with Crippen LogP contribution in [-0.2, 0) is 13.1 Å². The minimum Gasteiger partial charge on any atom is -0.350 e. The number of hydrogen-bond donors (Lipinski definition) is 2. The van der Waals surface area contributed by atoms with Crippen molar-refractivity contribution in [3.63, 3.8) is 0 Å². The molecule has 2 N–H and O–H groups in total. The van der Waals surface area contributed by atoms with Crippen molar-refractivity contribution in [3.05, 3.63) is 53.6 Å². The molecule has 5 heteroatoms. The Labute approximate surface area is 145 Å². The van der Waals surface area contributed by atoms with Gasteiger partial charge in [0.2, 0.25) is 0 Å². The van der Waals surface area contributed by atoms with Gasteiger partial charge in [-0.2, -0.15) is 0 Å². The number of rotatable bonds is 6. The summed E-state index contributed by atoms with van der Waals surface area (Å²) >= 11 is 0. The third kappa shape index (κ3) is 4.85. The van der Waals surface area contributed by atoms with Crippen LogP contribution in [0.4, 0.5) is 0 Å². The predicted octanol–water partition coefficient (Wildman–Crippen LogP) is 3.27. The van der Waals surface area contributed by atoms with Gasteiger partial charge in [0.25, 0.3) is 0 Å². The third-order valence-corrected chi connectivity index (χ3v) is 4.01. The van der Waals surface area contributed by atoms with Crippen LogP contribution >= 0.6 is 0 Å². The largest absolute Gasteiger partial charge is 0.350 e. The Kier molecular flexibility index (Phi) is 6.41. The zero-order valence-corrected chi connectivity index (χ0v) is 15.4. The first-order chi connectivity index (χ1) is 11.5. The smallest absolute Gasteiger partial charge is 0.191 e. The average molecular weight is 327 g/mol. The van der Waals surface area contributed by atoms with Gasteiger partial charge in [0.05, 0.1) is 12.6 Å². The first kappa shape index (κ1) is 18.0. The monoisotopic (exact) mass is 327 g/mol. The zero-order valence-electron chi connectivity index (χ0n) is 15.4. The van der Waals surface area contributed by atoms with Crippen molar-refractivity contribution in [1.29, 1.82) is 0 Å². The third-order valence-electron chi connectivity index (χ3n) is 4.01. The van der Waals surface area contributed by atoms with Crippen LogP contribution in [-0.4, -0.2) is 22.6 Å². The van der Waals surface area contributed by atoms with E-state index in [4.69, 9.17) is 0 Å². The highest BCUT2D eigenvalue weighted by Crippen LogP contribution is 2.16. The molecule has 0 saturated carbocycles. The van der Waals surface area contributed by atoms with Gasteiger partial charge in [-0.05, 0) is 30.9 Å². The predicted molar refractivity (Wildman–Crippen MR) is 100.0 cm³/mol. The molecule has 0 bridgehead atoms. The highest BCUT2D eigenvalue weighted by atomic mass is 15.2. The lowest BCUT2D eigenvalue weighted by molar-refractivity contribution is 0.503. The molecule has 0 amide bonds. The van der Waals surface area contributed by atoms with Gasteiger partial charge in [0.15, 0.2) is 5.96 Å². The van der Waals surface area contributed by atoms with Crippen molar-refractivity contribution in [3.8, 4) is 0 Å². The van der Waals surface area contributed by atoms with Crippen LogP contribution in [0.25, 0.3) is 0 Å². The van der Waals surface area contributed by atoms with E-state index in [2.05, 4.69) is 77.1 Å². The van der Waals surface area contributed by atoms with Gasteiger partial charge >= 0.3 is 0 Å². The molecule has 0 radical (unpaired) electrons. The number of aryl methyl sites for hydroxylation is 1. The second-order valence-electron chi connectivity index (χ2n) is 6.54. The number of hydrogen-bond acceptors (Lipinski definition) is 2. The maximum atomic E-state index is 4.44. The molecule has 0 saturated heterocycles. The molecule has 1 unspecified atom stereocenters. The summed E-state index contributed by atoms with van der Waals surface area (Å²) in [5.41, 5.74) is 2.56. The Morgan fingerprint density at radius 2 is 2.00 bits per heavy atom. The standard InChI is InChI=1S/C19H29N5/c1-14(2)13-24-11-10-21-18(24)12-22-19(20-5)23-16(4)17-9-7-6-8-15(17)3/h6-11,14,16H,12-13H2,1-5H3,(H2,20,22,23). The van der Waals surface area contributed by atoms with Gasteiger partial charge in [0.1, 0.15) is 5.82 Å². The molecule has 1 atom stereocenters. The van der Waals surface area contributed by atoms with Gasteiger partial charge in [-0.25, -0.2) is 4.98 Å². The summed E-state index contributed by atoms with van der Waals surface area (Å²) < 4.78 is 2.19. The van der Waals surface area contributed by atoms with Crippen molar-refractivity contribution in [2.24, 2.45) is 10.9 Å². The molecule has 1 heterocycles. The highest BCUT2D eigenvalue weighted by Gasteiger charge is 2.11. The fraction of sp³-hybridized carbons (Fsp3) is 0.474. The van der Waals surface area contributed by atoms with Crippen molar-refractivity contribution < 1.29 is 0 Å². The number of aromatic nitrogens is 2. The maximum absolute atomic E-state index is 4.44. The number of imidazole rings is 1. The second-order valence-corrected chi connectivity index (χ2v) is 6.54. The Bertz CT molecular complexity index is 672. The van der Waals surface area contributed by atoms with Crippen LogP contribution in [0.1, 0.15) is 43.8 Å². The van der Waals surface area contributed by atoms with Crippen LogP contribution in [0.15, 0.2) is 41.7 Å². The van der Waals surface area contributed by atoms with Crippen LogP contribution in [0.2, 0.25) is 0 Å². The molecular weight excluding hydrogens is 298 g/mol. The maximum Gasteiger partial charge on any atom is 0.191 e. The molecule has 2 aromatic rings. The molecule has 1 aromatic carbocycles. The van der Waals surface area contributed by atoms with E-state index in [1.165, 1.54) is 11.1 Å². The van der Waals surface area contributed by atoms with Gasteiger partial charge in [-0.3, -0.25) is 4.99 Å². The molecule has 0 aliphatic rings. The quantitative estimate of drug-likeness (QED) is 0.632. The summed E-state index contributed by atoms with van der Waals surface area (Å²) in [5, 5.41) is 6.81. The van der Waals surface area contributed by atoms with Crippen LogP contribution < -0.4 is 10.6 Å². The van der Waals surface area contributed by atoms with E-state index in [1.54, 1.807) is 7.05 Å². The molecule has 5 nitrogen and oxygen atoms in total. The highest BCUT2D eigenvalue weighted by molar-refractivity contribution is 5.80. The number of benzene rings is 1. The normalized spacial score (nSPS) is 13.2. The van der Waals surface area contributed by atoms with Crippen LogP contribution in [0.5, 0.6) is 0 Å². The average Bonchev–Trinajstić information content (AvgIpc) is 2.98. The lowest BCUT2D eigenvalue weighted by Crippen LogP contribution is -2.39. The van der Waals surface area contributed by atoms with Crippen molar-refractivity contribution >= 4 is 5.96 Å². The second kappa shape index (κ2) is 8.52. The van der Waals surface area contributed by atoms with E-state index in [1.807, 2.05) is 12.4 Å². The molecule has 130 valence electrons. The molecule has 0 aliphatic carbocycles. The Morgan fingerprint density at radius 1 is 1.25 bits per heavy atom. The number of nitrogens with one attached hydrogen (secondary N) is 2. The van der Waals surface area contributed by atoms with E-state index in [9.17, 15) is 0 Å². The van der Waals surface area contributed by atoms with Crippen molar-refractivity contribution in [2.75, 3.05) is 7.05 Å². The Balaban J connectivity index is 1.96. The number of aliphatic imine (C=N–C) groups is 1. The first-order valence-corrected chi connectivity index (χ1v) is 8.54. The molecule has 24 heavy (non-hydrogen) atoms. The number of nitrogens with zero attached hydrogens (tertiary/aromatic N) is 3. The van der Waals surface area contributed by atoms with Crippen LogP contribution in [0, 0.1) is 12.8 Å². The summed E-state index contributed by atoms with van der Waals surface area (Å²) in [6.07, 6.45) is 3.88. The molecular formula is C19H29N5. The van der Waals surface area contributed by atoms with E-state index in [-0.39, 0.29) is 6.04 Å². The molecule has 0 fully saturated rings. The minimum atomic E-state index is 0.188. The summed E-state index contributed by atoms with van der Waals surface area (Å²) in [5.74, 6) is 2.40. The summed E-state index contributed by atoms with van der Waals surface area (Å²) in [6, 6.07) is 8.60. The first-order valence-electron chi connectivity index (χ1n) is 8.54. The molecule has 0 aliphatic heterocycles. The van der Waals surface area contributed by atoms with Crippen molar-refractivity contribution in [2.45, 2.75) is 46.8 Å². The van der Waals surface area contributed by atoms with Crippen LogP contribution in [0.3, 0.4) is 0 Å². The fourth-order valence-electron chi connectivity index (χ4n) is 2.78. The summed E-state index contributed by atoms with van der Waals surface area (Å²) in [4.78, 5) is 8.78. The molecule has 0 spiro atoms. The van der Waals surface area contributed by atoms with Gasteiger partial charge in [0, 0.05) is 26.0 Å². The zero-order chi connectivity index (χ0) is 17.5. The van der Waals surface area contributed by atoms with Gasteiger partial charge in [-0.15, -0.1) is 0 Å². The van der Waals surface area contributed by atoms with E-state index in [0.717, 1.165) is 18.3 Å². The fourth-order valence-corrected chi connectivity index (χ4v) is 2.78. The van der Waals surface area contributed by atoms with E-state index in [0.29, 0.717) is 12.5 Å².